The molecule has 2 heterocycles. The molecule has 1 N–H and O–H groups in total. The van der Waals surface area contributed by atoms with Crippen molar-refractivity contribution >= 4 is 33.1 Å². The van der Waals surface area contributed by atoms with Crippen molar-refractivity contribution in [3.05, 3.63) is 106 Å². The number of carbonyl (C=O) groups excluding carboxylic acids is 1. The molecule has 0 spiro atoms. The molecule has 0 saturated carbocycles. The smallest absolute Gasteiger partial charge is 0.279 e. The van der Waals surface area contributed by atoms with Crippen LogP contribution in [0.2, 0.25) is 0 Å². The molecular formula is C24H15FN4O2S. The summed E-state index contributed by atoms with van der Waals surface area (Å²) in [5.41, 5.74) is 1.51. The van der Waals surface area contributed by atoms with Crippen LogP contribution in [0.4, 0.5) is 9.52 Å². The Balaban J connectivity index is 1.54. The van der Waals surface area contributed by atoms with Gasteiger partial charge in [-0.25, -0.2) is 9.37 Å². The number of carbonyl (C=O) groups is 1. The number of anilines is 1. The number of hydrogen-bond acceptors (Lipinski definition) is 5. The molecule has 0 atom stereocenters. The van der Waals surface area contributed by atoms with Gasteiger partial charge in [0.15, 0.2) is 10.8 Å². The SMILES string of the molecule is O=C(Nc1nc(-c2cccc(F)c2)cs1)c1nn(-c2ccccc2)c(=O)c2ccccc12. The van der Waals surface area contributed by atoms with Gasteiger partial charge in [-0.15, -0.1) is 11.3 Å². The number of thiazole rings is 1. The number of amides is 1. The van der Waals surface area contributed by atoms with Crippen molar-refractivity contribution in [2.24, 2.45) is 0 Å². The first-order valence-electron chi connectivity index (χ1n) is 9.70. The molecular weight excluding hydrogens is 427 g/mol. The molecule has 0 saturated heterocycles. The van der Waals surface area contributed by atoms with Gasteiger partial charge in [0.05, 0.1) is 16.8 Å². The fourth-order valence-electron chi connectivity index (χ4n) is 3.37. The topological polar surface area (TPSA) is 76.9 Å². The molecule has 0 radical (unpaired) electrons. The highest BCUT2D eigenvalue weighted by molar-refractivity contribution is 7.14. The lowest BCUT2D eigenvalue weighted by molar-refractivity contribution is 0.102. The van der Waals surface area contributed by atoms with Crippen LogP contribution >= 0.6 is 11.3 Å². The summed E-state index contributed by atoms with van der Waals surface area (Å²) in [6.07, 6.45) is 0. The Morgan fingerprint density at radius 2 is 1.69 bits per heavy atom. The lowest BCUT2D eigenvalue weighted by Gasteiger charge is -2.10. The summed E-state index contributed by atoms with van der Waals surface area (Å²) in [6.45, 7) is 0. The lowest BCUT2D eigenvalue weighted by atomic mass is 10.1. The minimum atomic E-state index is -0.494. The van der Waals surface area contributed by atoms with E-state index in [1.54, 1.807) is 66.0 Å². The molecule has 0 aliphatic rings. The zero-order valence-electron chi connectivity index (χ0n) is 16.5. The first kappa shape index (κ1) is 19.8. The van der Waals surface area contributed by atoms with E-state index in [9.17, 15) is 14.0 Å². The van der Waals surface area contributed by atoms with Crippen molar-refractivity contribution in [2.75, 3.05) is 5.32 Å². The van der Waals surface area contributed by atoms with Crippen molar-refractivity contribution in [3.8, 4) is 16.9 Å². The van der Waals surface area contributed by atoms with Crippen LogP contribution < -0.4 is 10.9 Å². The van der Waals surface area contributed by atoms with Crippen molar-refractivity contribution in [1.29, 1.82) is 0 Å². The standard InChI is InChI=1S/C24H15FN4O2S/c25-16-8-6-7-15(13-16)20-14-32-24(26-20)27-22(30)21-18-11-4-5-12-19(18)23(31)29(28-21)17-9-2-1-3-10-17/h1-14H,(H,26,27,30). The summed E-state index contributed by atoms with van der Waals surface area (Å²) >= 11 is 1.22. The Morgan fingerprint density at radius 3 is 2.47 bits per heavy atom. The van der Waals surface area contributed by atoms with Gasteiger partial charge < -0.3 is 0 Å². The second kappa shape index (κ2) is 8.16. The van der Waals surface area contributed by atoms with Crippen LogP contribution in [0.25, 0.3) is 27.7 Å². The molecule has 5 aromatic rings. The molecule has 0 aliphatic heterocycles. The van der Waals surface area contributed by atoms with Crippen LogP contribution in [-0.4, -0.2) is 20.7 Å². The zero-order valence-corrected chi connectivity index (χ0v) is 17.3. The lowest BCUT2D eigenvalue weighted by Crippen LogP contribution is -2.26. The van der Waals surface area contributed by atoms with E-state index in [-0.39, 0.29) is 17.1 Å². The van der Waals surface area contributed by atoms with E-state index in [2.05, 4.69) is 15.4 Å². The van der Waals surface area contributed by atoms with Crippen molar-refractivity contribution < 1.29 is 9.18 Å². The molecule has 5 rings (SSSR count). The number of nitrogens with one attached hydrogen (secondary N) is 1. The number of nitrogens with zero attached hydrogens (tertiary/aromatic N) is 3. The van der Waals surface area contributed by atoms with Gasteiger partial charge in [-0.3, -0.25) is 14.9 Å². The molecule has 0 aliphatic carbocycles. The second-order valence-electron chi connectivity index (χ2n) is 6.95. The first-order valence-corrected chi connectivity index (χ1v) is 10.6. The fraction of sp³-hybridized carbons (Fsp3) is 0. The van der Waals surface area contributed by atoms with Crippen LogP contribution in [0, 0.1) is 5.82 Å². The minimum absolute atomic E-state index is 0.103. The van der Waals surface area contributed by atoms with Gasteiger partial charge in [-0.2, -0.15) is 9.78 Å². The second-order valence-corrected chi connectivity index (χ2v) is 7.81. The van der Waals surface area contributed by atoms with Gasteiger partial charge in [0.2, 0.25) is 0 Å². The van der Waals surface area contributed by atoms with E-state index < -0.39 is 5.91 Å². The number of aromatic nitrogens is 3. The summed E-state index contributed by atoms with van der Waals surface area (Å²) in [4.78, 5) is 30.5. The Hall–Kier alpha value is -4.17. The predicted octanol–water partition coefficient (Wildman–Crippen LogP) is 4.90. The van der Waals surface area contributed by atoms with Crippen molar-refractivity contribution in [1.82, 2.24) is 14.8 Å². The quantitative estimate of drug-likeness (QED) is 0.430. The van der Waals surface area contributed by atoms with Crippen LogP contribution in [0.5, 0.6) is 0 Å². The Morgan fingerprint density at radius 1 is 0.938 bits per heavy atom. The average Bonchev–Trinajstić information content (AvgIpc) is 3.28. The number of rotatable bonds is 4. The maximum absolute atomic E-state index is 13.5. The van der Waals surface area contributed by atoms with E-state index in [0.29, 0.717) is 32.8 Å². The molecule has 156 valence electrons. The number of para-hydroxylation sites is 1. The fourth-order valence-corrected chi connectivity index (χ4v) is 4.08. The number of halogens is 1. The third-order valence-corrected chi connectivity index (χ3v) is 5.62. The molecule has 0 unspecified atom stereocenters. The highest BCUT2D eigenvalue weighted by Gasteiger charge is 2.19. The van der Waals surface area contributed by atoms with Gasteiger partial charge in [-0.1, -0.05) is 48.5 Å². The molecule has 1 amide bonds. The Bertz CT molecular complexity index is 1510. The monoisotopic (exact) mass is 442 g/mol. The highest BCUT2D eigenvalue weighted by Crippen LogP contribution is 2.26. The largest absolute Gasteiger partial charge is 0.296 e. The molecule has 8 heteroatoms. The summed E-state index contributed by atoms with van der Waals surface area (Å²) in [5, 5.41) is 10.0. The maximum Gasteiger partial charge on any atom is 0.279 e. The van der Waals surface area contributed by atoms with Crippen LogP contribution in [0.3, 0.4) is 0 Å². The number of benzene rings is 3. The third kappa shape index (κ3) is 3.67. The van der Waals surface area contributed by atoms with Crippen LogP contribution in [-0.2, 0) is 0 Å². The Labute approximate surface area is 185 Å². The normalized spacial score (nSPS) is 10.9. The van der Waals surface area contributed by atoms with Crippen molar-refractivity contribution in [2.45, 2.75) is 0 Å². The number of fused-ring (bicyclic) bond motifs is 1. The van der Waals surface area contributed by atoms with Crippen molar-refractivity contribution in [3.63, 3.8) is 0 Å². The van der Waals surface area contributed by atoms with Crippen LogP contribution in [0.15, 0.2) is 89.0 Å². The Kier molecular flexibility index (Phi) is 5.04. The summed E-state index contributed by atoms with van der Waals surface area (Å²) in [6, 6.07) is 21.8. The number of hydrogen-bond donors (Lipinski definition) is 1. The molecule has 0 bridgehead atoms. The summed E-state index contributed by atoms with van der Waals surface area (Å²) < 4.78 is 14.7. The molecule has 32 heavy (non-hydrogen) atoms. The first-order chi connectivity index (χ1) is 15.6. The molecule has 0 fully saturated rings. The van der Waals surface area contributed by atoms with Gasteiger partial charge in [0, 0.05) is 16.3 Å². The van der Waals surface area contributed by atoms with E-state index in [0.717, 1.165) is 0 Å². The summed E-state index contributed by atoms with van der Waals surface area (Å²) in [5.74, 6) is -0.856. The van der Waals surface area contributed by atoms with E-state index in [1.165, 1.54) is 28.2 Å². The molecule has 6 nitrogen and oxygen atoms in total. The van der Waals surface area contributed by atoms with E-state index >= 15 is 0 Å². The zero-order chi connectivity index (χ0) is 22.1. The molecule has 3 aromatic carbocycles. The highest BCUT2D eigenvalue weighted by atomic mass is 32.1. The maximum atomic E-state index is 13.5. The van der Waals surface area contributed by atoms with E-state index in [4.69, 9.17) is 0 Å². The predicted molar refractivity (Wildman–Crippen MR) is 123 cm³/mol. The van der Waals surface area contributed by atoms with E-state index in [1.807, 2.05) is 6.07 Å². The van der Waals surface area contributed by atoms with Crippen LogP contribution in [0.1, 0.15) is 10.5 Å². The van der Waals surface area contributed by atoms with Gasteiger partial charge >= 0.3 is 0 Å². The average molecular weight is 442 g/mol. The third-order valence-electron chi connectivity index (χ3n) is 4.87. The van der Waals surface area contributed by atoms with Gasteiger partial charge in [-0.05, 0) is 30.3 Å². The van der Waals surface area contributed by atoms with Gasteiger partial charge in [0.1, 0.15) is 5.82 Å². The summed E-state index contributed by atoms with van der Waals surface area (Å²) in [7, 11) is 0. The van der Waals surface area contributed by atoms with Gasteiger partial charge in [0.25, 0.3) is 11.5 Å². The molecule has 2 aromatic heterocycles. The minimum Gasteiger partial charge on any atom is -0.296 e.